The van der Waals surface area contributed by atoms with Gasteiger partial charge in [-0.3, -0.25) is 0 Å². The van der Waals surface area contributed by atoms with Gasteiger partial charge in [0.15, 0.2) is 0 Å². The van der Waals surface area contributed by atoms with Crippen LogP contribution in [0, 0.1) is 0 Å². The average Bonchev–Trinajstić information content (AvgIpc) is 2.44. The molecule has 54 valence electrons. The number of nitrogen functional groups attached to an aromatic ring is 1. The van der Waals surface area contributed by atoms with Crippen molar-refractivity contribution < 1.29 is 0 Å². The number of hydrogen-bond donors (Lipinski definition) is 2. The van der Waals surface area contributed by atoms with E-state index in [4.69, 9.17) is 11.5 Å². The third-order valence-electron chi connectivity index (χ3n) is 2.02. The molecule has 10 heavy (non-hydrogen) atoms. The van der Waals surface area contributed by atoms with E-state index in [-0.39, 0.29) is 5.54 Å². The summed E-state index contributed by atoms with van der Waals surface area (Å²) in [6, 6.07) is 2.03. The minimum absolute atomic E-state index is 0.0515. The van der Waals surface area contributed by atoms with Crippen LogP contribution in [0.1, 0.15) is 18.4 Å². The molecule has 0 amide bonds. The molecular weight excluding hydrogens is 144 g/mol. The van der Waals surface area contributed by atoms with E-state index in [9.17, 15) is 0 Å². The van der Waals surface area contributed by atoms with Crippen LogP contribution in [-0.4, -0.2) is 0 Å². The number of rotatable bonds is 1. The fourth-order valence-electron chi connectivity index (χ4n) is 1.14. The Bertz CT molecular complexity index is 250. The average molecular weight is 154 g/mol. The molecule has 0 unspecified atom stereocenters. The summed E-state index contributed by atoms with van der Waals surface area (Å²) in [5, 5.41) is 2.89. The molecule has 0 radical (unpaired) electrons. The molecule has 0 spiro atoms. The molecule has 0 saturated heterocycles. The molecule has 1 aromatic rings. The predicted octanol–water partition coefficient (Wildman–Crippen LogP) is 1.28. The van der Waals surface area contributed by atoms with E-state index >= 15 is 0 Å². The summed E-state index contributed by atoms with van der Waals surface area (Å²) in [5.74, 6) is 0. The zero-order valence-electron chi connectivity index (χ0n) is 5.63. The van der Waals surface area contributed by atoms with Crippen molar-refractivity contribution in [3.63, 3.8) is 0 Å². The van der Waals surface area contributed by atoms with Gasteiger partial charge in [-0.2, -0.15) is 0 Å². The van der Waals surface area contributed by atoms with Gasteiger partial charge in [0.1, 0.15) is 0 Å². The summed E-state index contributed by atoms with van der Waals surface area (Å²) < 4.78 is 0. The summed E-state index contributed by atoms with van der Waals surface area (Å²) >= 11 is 1.57. The molecular formula is C7H10N2S. The van der Waals surface area contributed by atoms with Crippen LogP contribution in [0.15, 0.2) is 11.4 Å². The summed E-state index contributed by atoms with van der Waals surface area (Å²) in [6.45, 7) is 0. The lowest BCUT2D eigenvalue weighted by Gasteiger charge is -2.05. The van der Waals surface area contributed by atoms with Gasteiger partial charge in [-0.05, 0) is 24.3 Å². The van der Waals surface area contributed by atoms with Crippen molar-refractivity contribution >= 4 is 16.3 Å². The van der Waals surface area contributed by atoms with Crippen molar-refractivity contribution in [2.24, 2.45) is 5.73 Å². The van der Waals surface area contributed by atoms with Crippen molar-refractivity contribution in [1.82, 2.24) is 0 Å². The lowest BCUT2D eigenvalue weighted by molar-refractivity contribution is 0.746. The van der Waals surface area contributed by atoms with Crippen molar-refractivity contribution in [3.8, 4) is 0 Å². The van der Waals surface area contributed by atoms with Crippen LogP contribution in [0.3, 0.4) is 0 Å². The quantitative estimate of drug-likeness (QED) is 0.640. The topological polar surface area (TPSA) is 52.0 Å². The first-order valence-corrected chi connectivity index (χ1v) is 4.23. The van der Waals surface area contributed by atoms with Crippen LogP contribution in [0.25, 0.3) is 0 Å². The number of nitrogens with two attached hydrogens (primary N) is 2. The van der Waals surface area contributed by atoms with E-state index in [0.29, 0.717) is 0 Å². The number of thiophene rings is 1. The van der Waals surface area contributed by atoms with Crippen LogP contribution in [0.5, 0.6) is 0 Å². The third-order valence-corrected chi connectivity index (χ3v) is 2.77. The van der Waals surface area contributed by atoms with Gasteiger partial charge in [-0.1, -0.05) is 0 Å². The van der Waals surface area contributed by atoms with Crippen LogP contribution >= 0.6 is 11.3 Å². The Labute approximate surface area is 63.8 Å². The second kappa shape index (κ2) is 1.74. The van der Waals surface area contributed by atoms with Gasteiger partial charge >= 0.3 is 0 Å². The Morgan fingerprint density at radius 2 is 2.20 bits per heavy atom. The standard InChI is InChI=1S/C7H10N2S/c8-6-5(1-4-10-6)7(9)2-3-7/h1,4H,2-3,8-9H2. The molecule has 4 N–H and O–H groups in total. The SMILES string of the molecule is Nc1sccc1C1(N)CC1. The Balaban J connectivity index is 2.42. The van der Waals surface area contributed by atoms with Crippen LogP contribution in [0.4, 0.5) is 5.00 Å². The number of hydrogen-bond acceptors (Lipinski definition) is 3. The Morgan fingerprint density at radius 3 is 2.60 bits per heavy atom. The second-order valence-electron chi connectivity index (χ2n) is 2.85. The smallest absolute Gasteiger partial charge is 0.0907 e. The van der Waals surface area contributed by atoms with Gasteiger partial charge in [-0.15, -0.1) is 11.3 Å². The molecule has 1 saturated carbocycles. The lowest BCUT2D eigenvalue weighted by atomic mass is 10.1. The van der Waals surface area contributed by atoms with Crippen molar-refractivity contribution in [2.75, 3.05) is 5.73 Å². The molecule has 1 aliphatic carbocycles. The Morgan fingerprint density at radius 1 is 1.50 bits per heavy atom. The maximum absolute atomic E-state index is 5.94. The predicted molar refractivity (Wildman–Crippen MR) is 43.8 cm³/mol. The fraction of sp³-hybridized carbons (Fsp3) is 0.429. The van der Waals surface area contributed by atoms with E-state index in [2.05, 4.69) is 0 Å². The van der Waals surface area contributed by atoms with Gasteiger partial charge < -0.3 is 11.5 Å². The van der Waals surface area contributed by atoms with Crippen molar-refractivity contribution in [2.45, 2.75) is 18.4 Å². The minimum atomic E-state index is -0.0515. The monoisotopic (exact) mass is 154 g/mol. The lowest BCUT2D eigenvalue weighted by Crippen LogP contribution is -2.18. The van der Waals surface area contributed by atoms with E-state index < -0.39 is 0 Å². The molecule has 3 heteroatoms. The van der Waals surface area contributed by atoms with Crippen LogP contribution in [-0.2, 0) is 5.54 Å². The van der Waals surface area contributed by atoms with Crippen LogP contribution in [0.2, 0.25) is 0 Å². The van der Waals surface area contributed by atoms with E-state index in [0.717, 1.165) is 23.4 Å². The largest absolute Gasteiger partial charge is 0.390 e. The molecule has 2 rings (SSSR count). The van der Waals surface area contributed by atoms with E-state index in [1.807, 2.05) is 11.4 Å². The van der Waals surface area contributed by atoms with Gasteiger partial charge in [0.25, 0.3) is 0 Å². The Hall–Kier alpha value is -0.540. The first-order valence-electron chi connectivity index (χ1n) is 3.35. The van der Waals surface area contributed by atoms with E-state index in [1.165, 1.54) is 0 Å². The van der Waals surface area contributed by atoms with Gasteiger partial charge in [0.05, 0.1) is 5.00 Å². The fourth-order valence-corrected chi connectivity index (χ4v) is 1.89. The third kappa shape index (κ3) is 0.744. The summed E-state index contributed by atoms with van der Waals surface area (Å²) in [5.41, 5.74) is 12.7. The summed E-state index contributed by atoms with van der Waals surface area (Å²) in [7, 11) is 0. The minimum Gasteiger partial charge on any atom is -0.390 e. The number of anilines is 1. The molecule has 0 aromatic carbocycles. The highest BCUT2D eigenvalue weighted by atomic mass is 32.1. The molecule has 1 aliphatic rings. The zero-order chi connectivity index (χ0) is 7.19. The normalized spacial score (nSPS) is 20.9. The van der Waals surface area contributed by atoms with Crippen molar-refractivity contribution in [1.29, 1.82) is 0 Å². The zero-order valence-corrected chi connectivity index (χ0v) is 6.45. The Kier molecular flexibility index (Phi) is 1.08. The van der Waals surface area contributed by atoms with Crippen molar-refractivity contribution in [3.05, 3.63) is 17.0 Å². The highest BCUT2D eigenvalue weighted by molar-refractivity contribution is 7.14. The molecule has 0 aliphatic heterocycles. The van der Waals surface area contributed by atoms with Crippen LogP contribution < -0.4 is 11.5 Å². The van der Waals surface area contributed by atoms with Gasteiger partial charge in [0.2, 0.25) is 0 Å². The highest BCUT2D eigenvalue weighted by Crippen LogP contribution is 2.46. The van der Waals surface area contributed by atoms with Gasteiger partial charge in [-0.25, -0.2) is 0 Å². The van der Waals surface area contributed by atoms with E-state index in [1.54, 1.807) is 11.3 Å². The first kappa shape index (κ1) is 6.19. The maximum Gasteiger partial charge on any atom is 0.0907 e. The van der Waals surface area contributed by atoms with Gasteiger partial charge in [0, 0.05) is 11.1 Å². The molecule has 0 bridgehead atoms. The molecule has 1 fully saturated rings. The molecule has 1 aromatic heterocycles. The molecule has 1 heterocycles. The summed E-state index contributed by atoms with van der Waals surface area (Å²) in [4.78, 5) is 0. The summed E-state index contributed by atoms with van der Waals surface area (Å²) in [6.07, 6.45) is 2.18. The highest BCUT2D eigenvalue weighted by Gasteiger charge is 2.41. The second-order valence-corrected chi connectivity index (χ2v) is 3.80. The maximum atomic E-state index is 5.94. The molecule has 2 nitrogen and oxygen atoms in total. The first-order chi connectivity index (χ1) is 4.72. The molecule has 0 atom stereocenters.